The Labute approximate surface area is 215 Å². The number of benzene rings is 1. The van der Waals surface area contributed by atoms with Gasteiger partial charge in [-0.15, -0.1) is 0 Å². The number of aromatic nitrogens is 1. The largest absolute Gasteiger partial charge is 0.373 e. The summed E-state index contributed by atoms with van der Waals surface area (Å²) in [6, 6.07) is 8.09. The van der Waals surface area contributed by atoms with Crippen molar-refractivity contribution in [1.29, 1.82) is 0 Å². The third kappa shape index (κ3) is 4.82. The summed E-state index contributed by atoms with van der Waals surface area (Å²) >= 11 is 0. The van der Waals surface area contributed by atoms with Crippen molar-refractivity contribution < 1.29 is 28.8 Å². The molecule has 1 heterocycles. The van der Waals surface area contributed by atoms with Crippen LogP contribution < -0.4 is 5.32 Å². The Balaban J connectivity index is 0.00000102. The van der Waals surface area contributed by atoms with Gasteiger partial charge in [-0.25, -0.2) is 0 Å². The summed E-state index contributed by atoms with van der Waals surface area (Å²) in [6.07, 6.45) is 6.31. The van der Waals surface area contributed by atoms with E-state index in [1.807, 2.05) is 38.2 Å². The lowest BCUT2D eigenvalue weighted by atomic mass is 9.48. The van der Waals surface area contributed by atoms with Crippen molar-refractivity contribution in [3.05, 3.63) is 36.0 Å². The van der Waals surface area contributed by atoms with E-state index in [-0.39, 0.29) is 60.0 Å². The van der Waals surface area contributed by atoms with Crippen LogP contribution >= 0.6 is 0 Å². The molecule has 0 saturated heterocycles. The van der Waals surface area contributed by atoms with E-state index in [2.05, 4.69) is 16.4 Å². The Bertz CT molecular complexity index is 1260. The van der Waals surface area contributed by atoms with Crippen LogP contribution in [0.2, 0.25) is 0 Å². The zero-order valence-electron chi connectivity index (χ0n) is 21.4. The number of rotatable bonds is 6. The maximum atomic E-state index is 13.3. The van der Waals surface area contributed by atoms with Crippen LogP contribution in [0.5, 0.6) is 0 Å². The highest BCUT2D eigenvalue weighted by molar-refractivity contribution is 5.99. The smallest absolute Gasteiger partial charge is 0.361 e. The van der Waals surface area contributed by atoms with Gasteiger partial charge in [0, 0.05) is 66.1 Å². The van der Waals surface area contributed by atoms with Crippen LogP contribution in [0.25, 0.3) is 10.9 Å². The van der Waals surface area contributed by atoms with Gasteiger partial charge in [-0.2, -0.15) is 9.59 Å². The van der Waals surface area contributed by atoms with Crippen LogP contribution in [0.15, 0.2) is 30.5 Å². The SMILES string of the molecule is C[C@]1(CCC(=O)NCCc2c[nH]c3ccccc23)C(=O)CC[C@@H]2[C@@H]1C(=O)C[C@]1(C)C(=O)CC[C@@H]21.O=C=O. The molecule has 0 radical (unpaired) electrons. The standard InChI is InChI=1S/C28H34N2O4.CO2/c1-27(13-11-25(34)29-14-12-17-16-30-21-6-4-3-5-18(17)21)23(32)9-7-19-20-8-10-24(33)28(20,2)15-22(31)26(19)27;2-1-3/h3-6,16,19-20,26,30H,7-15H2,1-2H3,(H,29,34);/t19-,20-,26+,27-,28-;/m0./s1. The molecule has 2 N–H and O–H groups in total. The lowest BCUT2D eigenvalue weighted by Crippen LogP contribution is -2.56. The number of H-pyrrole nitrogens is 1. The van der Waals surface area contributed by atoms with Crippen molar-refractivity contribution in [2.24, 2.45) is 28.6 Å². The molecule has 8 nitrogen and oxygen atoms in total. The highest BCUT2D eigenvalue weighted by Crippen LogP contribution is 2.60. The average molecular weight is 507 g/mol. The van der Waals surface area contributed by atoms with Crippen molar-refractivity contribution in [2.45, 2.75) is 65.2 Å². The molecule has 3 aliphatic rings. The summed E-state index contributed by atoms with van der Waals surface area (Å²) in [4.78, 5) is 71.2. The van der Waals surface area contributed by atoms with E-state index >= 15 is 0 Å². The second-order valence-electron chi connectivity index (χ2n) is 11.2. The second-order valence-corrected chi connectivity index (χ2v) is 11.2. The van der Waals surface area contributed by atoms with Gasteiger partial charge in [0.25, 0.3) is 0 Å². The molecule has 3 aliphatic carbocycles. The molecule has 1 aromatic heterocycles. The molecule has 0 bridgehead atoms. The van der Waals surface area contributed by atoms with Gasteiger partial charge in [0.1, 0.15) is 17.3 Å². The van der Waals surface area contributed by atoms with Crippen LogP contribution in [0, 0.1) is 28.6 Å². The number of aromatic amines is 1. The molecule has 0 aliphatic heterocycles. The summed E-state index contributed by atoms with van der Waals surface area (Å²) in [5.41, 5.74) is 0.870. The molecule has 0 spiro atoms. The third-order valence-electron chi connectivity index (χ3n) is 9.26. The second kappa shape index (κ2) is 10.5. The molecule has 3 saturated carbocycles. The average Bonchev–Trinajstić information content (AvgIpc) is 3.41. The van der Waals surface area contributed by atoms with E-state index in [0.29, 0.717) is 32.2 Å². The molecule has 0 unspecified atom stereocenters. The number of fused-ring (bicyclic) bond motifs is 4. The molecule has 8 heteroatoms. The number of nitrogens with one attached hydrogen (secondary N) is 2. The van der Waals surface area contributed by atoms with E-state index < -0.39 is 10.8 Å². The summed E-state index contributed by atoms with van der Waals surface area (Å²) in [6.45, 7) is 4.37. The molecule has 1 amide bonds. The zero-order valence-corrected chi connectivity index (χ0v) is 21.4. The fraction of sp³-hybridized carbons (Fsp3) is 0.552. The predicted octanol–water partition coefficient (Wildman–Crippen LogP) is 3.58. The lowest BCUT2D eigenvalue weighted by Gasteiger charge is -2.52. The number of carbonyl (C=O) groups excluding carboxylic acids is 6. The Kier molecular flexibility index (Phi) is 7.60. The Morgan fingerprint density at radius 3 is 2.54 bits per heavy atom. The number of para-hydroxylation sites is 1. The summed E-state index contributed by atoms with van der Waals surface area (Å²) in [7, 11) is 0. The van der Waals surface area contributed by atoms with E-state index in [1.54, 1.807) is 0 Å². The zero-order chi connectivity index (χ0) is 26.8. The Morgan fingerprint density at radius 1 is 1.08 bits per heavy atom. The Morgan fingerprint density at radius 2 is 1.78 bits per heavy atom. The quantitative estimate of drug-likeness (QED) is 0.616. The van der Waals surface area contributed by atoms with Crippen molar-refractivity contribution >= 4 is 40.3 Å². The van der Waals surface area contributed by atoms with Gasteiger partial charge in [0.05, 0.1) is 0 Å². The first-order chi connectivity index (χ1) is 17.7. The van der Waals surface area contributed by atoms with Crippen LogP contribution in [-0.2, 0) is 35.2 Å². The number of amides is 1. The minimum atomic E-state index is -0.818. The molecule has 3 fully saturated rings. The van der Waals surface area contributed by atoms with Crippen molar-refractivity contribution in [3.63, 3.8) is 0 Å². The number of hydrogen-bond donors (Lipinski definition) is 2. The molecule has 196 valence electrons. The molecule has 1 aromatic carbocycles. The molecular weight excluding hydrogens is 472 g/mol. The van der Waals surface area contributed by atoms with Gasteiger partial charge in [0.2, 0.25) is 5.91 Å². The number of ketones is 3. The topological polar surface area (TPSA) is 130 Å². The number of hydrogen-bond acceptors (Lipinski definition) is 6. The summed E-state index contributed by atoms with van der Waals surface area (Å²) in [5.74, 6) is 0.163. The Hall–Kier alpha value is -3.38. The van der Waals surface area contributed by atoms with Crippen molar-refractivity contribution in [1.82, 2.24) is 10.3 Å². The van der Waals surface area contributed by atoms with E-state index in [0.717, 1.165) is 29.3 Å². The molecule has 37 heavy (non-hydrogen) atoms. The minimum Gasteiger partial charge on any atom is -0.361 e. The van der Waals surface area contributed by atoms with Crippen LogP contribution in [0.1, 0.15) is 64.4 Å². The van der Waals surface area contributed by atoms with Crippen LogP contribution in [0.4, 0.5) is 0 Å². The van der Waals surface area contributed by atoms with E-state index in [1.165, 1.54) is 0 Å². The highest BCUT2D eigenvalue weighted by Gasteiger charge is 2.62. The monoisotopic (exact) mass is 506 g/mol. The minimum absolute atomic E-state index is 0.0503. The molecular formula is C29H34N2O6. The fourth-order valence-electron chi connectivity index (χ4n) is 7.34. The maximum absolute atomic E-state index is 13.3. The number of Topliss-reactive ketones (excluding diaryl/α,β-unsaturated/α-hetero) is 3. The van der Waals surface area contributed by atoms with E-state index in [9.17, 15) is 19.2 Å². The fourth-order valence-corrected chi connectivity index (χ4v) is 7.34. The van der Waals surface area contributed by atoms with Gasteiger partial charge in [-0.1, -0.05) is 32.0 Å². The van der Waals surface area contributed by atoms with Gasteiger partial charge in [0.15, 0.2) is 0 Å². The lowest BCUT2D eigenvalue weighted by molar-refractivity contribution is -0.191. The first-order valence-corrected chi connectivity index (χ1v) is 13.1. The van der Waals surface area contributed by atoms with E-state index in [4.69, 9.17) is 9.59 Å². The third-order valence-corrected chi connectivity index (χ3v) is 9.26. The van der Waals surface area contributed by atoms with Crippen LogP contribution in [-0.4, -0.2) is 40.9 Å². The first-order valence-electron chi connectivity index (χ1n) is 13.1. The molecule has 5 rings (SSSR count). The molecule has 2 aromatic rings. The summed E-state index contributed by atoms with van der Waals surface area (Å²) < 4.78 is 0. The summed E-state index contributed by atoms with van der Waals surface area (Å²) in [5, 5.41) is 4.16. The maximum Gasteiger partial charge on any atom is 0.373 e. The van der Waals surface area contributed by atoms with Gasteiger partial charge >= 0.3 is 6.15 Å². The molecule has 5 atom stereocenters. The first kappa shape index (κ1) is 26.7. The highest BCUT2D eigenvalue weighted by atomic mass is 16.2. The van der Waals surface area contributed by atoms with Crippen molar-refractivity contribution in [3.8, 4) is 0 Å². The normalized spacial score (nSPS) is 30.6. The van der Waals surface area contributed by atoms with Crippen LogP contribution in [0.3, 0.4) is 0 Å². The van der Waals surface area contributed by atoms with Gasteiger partial charge in [-0.3, -0.25) is 19.2 Å². The predicted molar refractivity (Wildman–Crippen MR) is 134 cm³/mol. The van der Waals surface area contributed by atoms with Gasteiger partial charge < -0.3 is 10.3 Å². The number of carbonyl (C=O) groups is 4. The van der Waals surface area contributed by atoms with Crippen molar-refractivity contribution in [2.75, 3.05) is 6.54 Å². The van der Waals surface area contributed by atoms with Gasteiger partial charge in [-0.05, 0) is 49.1 Å².